The number of aliphatic hydroxyl groups excluding tert-OH is 1. The molecule has 80 valence electrons. The molecule has 15 heavy (non-hydrogen) atoms. The number of anilines is 2. The van der Waals surface area contributed by atoms with Gasteiger partial charge in [-0.1, -0.05) is 0 Å². The lowest BCUT2D eigenvalue weighted by molar-refractivity contribution is 0.266. The predicted octanol–water partition coefficient (Wildman–Crippen LogP) is -0.175. The first-order chi connectivity index (χ1) is 7.27. The van der Waals surface area contributed by atoms with Gasteiger partial charge in [0.15, 0.2) is 5.82 Å². The highest BCUT2D eigenvalue weighted by Crippen LogP contribution is 2.28. The van der Waals surface area contributed by atoms with Crippen molar-refractivity contribution in [1.82, 2.24) is 10.2 Å². The Bertz CT molecular complexity index is 394. The topological polar surface area (TPSA) is 102 Å². The molecule has 1 aliphatic heterocycles. The number of nitrogens with one attached hydrogen (secondary N) is 1. The van der Waals surface area contributed by atoms with Crippen molar-refractivity contribution in [2.45, 2.75) is 18.9 Å². The first kappa shape index (κ1) is 9.80. The summed E-state index contributed by atoms with van der Waals surface area (Å²) in [7, 11) is 0. The summed E-state index contributed by atoms with van der Waals surface area (Å²) in [6.45, 7) is 0.891. The molecule has 4 N–H and O–H groups in total. The number of nitrogens with two attached hydrogens (primary N) is 1. The number of hydrogen-bond donors (Lipinski definition) is 3. The molecule has 0 aromatic carbocycles. The van der Waals surface area contributed by atoms with Gasteiger partial charge in [-0.15, -0.1) is 0 Å². The van der Waals surface area contributed by atoms with Crippen molar-refractivity contribution in [3.8, 4) is 6.07 Å². The molecule has 0 saturated carbocycles. The summed E-state index contributed by atoms with van der Waals surface area (Å²) < 4.78 is 0. The molecule has 0 aliphatic carbocycles. The van der Waals surface area contributed by atoms with Gasteiger partial charge < -0.3 is 15.7 Å². The Hall–Kier alpha value is -1.74. The molecule has 0 spiro atoms. The summed E-state index contributed by atoms with van der Waals surface area (Å²) in [6.07, 6.45) is 1.93. The summed E-state index contributed by atoms with van der Waals surface area (Å²) in [5.41, 5.74) is 5.95. The van der Waals surface area contributed by atoms with E-state index in [4.69, 9.17) is 11.0 Å². The number of aromatic amines is 1. The van der Waals surface area contributed by atoms with Gasteiger partial charge in [0, 0.05) is 6.54 Å². The molecule has 1 saturated heterocycles. The van der Waals surface area contributed by atoms with E-state index in [0.29, 0.717) is 11.4 Å². The molecule has 0 radical (unpaired) electrons. The maximum atomic E-state index is 9.17. The van der Waals surface area contributed by atoms with Crippen LogP contribution in [0.1, 0.15) is 18.4 Å². The fourth-order valence-corrected chi connectivity index (χ4v) is 1.97. The molecule has 1 fully saturated rings. The Labute approximate surface area is 87.3 Å². The van der Waals surface area contributed by atoms with Gasteiger partial charge in [0.1, 0.15) is 17.5 Å². The molecule has 1 unspecified atom stereocenters. The fraction of sp³-hybridized carbons (Fsp3) is 0.556. The zero-order valence-electron chi connectivity index (χ0n) is 8.27. The SMILES string of the molecule is N#Cc1c(N2CCCC2CO)n[nH]c1N. The van der Waals surface area contributed by atoms with Crippen LogP contribution in [0.4, 0.5) is 11.6 Å². The van der Waals surface area contributed by atoms with E-state index < -0.39 is 0 Å². The molecule has 6 heteroatoms. The van der Waals surface area contributed by atoms with Gasteiger partial charge in [0.05, 0.1) is 12.6 Å². The number of nitrogens with zero attached hydrogens (tertiary/aromatic N) is 3. The standard InChI is InChI=1S/C9H13N5O/c10-4-7-8(11)12-13-9(7)14-3-1-2-6(14)5-15/h6,15H,1-3,5H2,(H3,11,12,13). The van der Waals surface area contributed by atoms with Crippen LogP contribution >= 0.6 is 0 Å². The Morgan fingerprint density at radius 3 is 3.20 bits per heavy atom. The summed E-state index contributed by atoms with van der Waals surface area (Å²) in [6, 6.07) is 2.08. The zero-order valence-corrected chi connectivity index (χ0v) is 8.27. The van der Waals surface area contributed by atoms with Crippen LogP contribution < -0.4 is 10.6 Å². The van der Waals surface area contributed by atoms with Crippen molar-refractivity contribution in [2.75, 3.05) is 23.8 Å². The second-order valence-electron chi connectivity index (χ2n) is 3.62. The highest BCUT2D eigenvalue weighted by molar-refractivity contribution is 5.64. The van der Waals surface area contributed by atoms with Crippen LogP contribution in [-0.4, -0.2) is 34.5 Å². The average molecular weight is 207 g/mol. The van der Waals surface area contributed by atoms with E-state index in [1.807, 2.05) is 11.0 Å². The van der Waals surface area contributed by atoms with Gasteiger partial charge in [-0.3, -0.25) is 5.10 Å². The van der Waals surface area contributed by atoms with Crippen LogP contribution in [0.3, 0.4) is 0 Å². The van der Waals surface area contributed by atoms with Crippen LogP contribution in [0.2, 0.25) is 0 Å². The second-order valence-corrected chi connectivity index (χ2v) is 3.62. The van der Waals surface area contributed by atoms with Crippen LogP contribution in [0, 0.1) is 11.3 Å². The normalized spacial score (nSPS) is 20.5. The van der Waals surface area contributed by atoms with E-state index in [9.17, 15) is 5.11 Å². The predicted molar refractivity (Wildman–Crippen MR) is 55.2 cm³/mol. The number of rotatable bonds is 2. The number of nitriles is 1. The van der Waals surface area contributed by atoms with Crippen molar-refractivity contribution in [1.29, 1.82) is 5.26 Å². The Kier molecular flexibility index (Phi) is 2.47. The number of H-pyrrole nitrogens is 1. The van der Waals surface area contributed by atoms with E-state index in [1.54, 1.807) is 0 Å². The lowest BCUT2D eigenvalue weighted by Gasteiger charge is -2.22. The van der Waals surface area contributed by atoms with Crippen molar-refractivity contribution in [3.05, 3.63) is 5.56 Å². The Balaban J connectivity index is 2.33. The largest absolute Gasteiger partial charge is 0.394 e. The third kappa shape index (κ3) is 1.51. The van der Waals surface area contributed by atoms with Crippen molar-refractivity contribution in [3.63, 3.8) is 0 Å². The second kappa shape index (κ2) is 3.79. The summed E-state index contributed by atoms with van der Waals surface area (Å²) in [5.74, 6) is 0.850. The highest BCUT2D eigenvalue weighted by Gasteiger charge is 2.28. The third-order valence-corrected chi connectivity index (χ3v) is 2.75. The van der Waals surface area contributed by atoms with Gasteiger partial charge >= 0.3 is 0 Å². The number of aromatic nitrogens is 2. The molecule has 1 aliphatic rings. The van der Waals surface area contributed by atoms with Crippen LogP contribution in [-0.2, 0) is 0 Å². The highest BCUT2D eigenvalue weighted by atomic mass is 16.3. The van der Waals surface area contributed by atoms with Crippen molar-refractivity contribution >= 4 is 11.6 Å². The van der Waals surface area contributed by atoms with Crippen LogP contribution in [0.5, 0.6) is 0 Å². The Morgan fingerprint density at radius 1 is 1.73 bits per heavy atom. The number of aliphatic hydroxyl groups is 1. The Morgan fingerprint density at radius 2 is 2.53 bits per heavy atom. The quantitative estimate of drug-likeness (QED) is 0.624. The van der Waals surface area contributed by atoms with Gasteiger partial charge in [-0.25, -0.2) is 0 Å². The van der Waals surface area contributed by atoms with Gasteiger partial charge in [0.2, 0.25) is 0 Å². The minimum Gasteiger partial charge on any atom is -0.394 e. The first-order valence-electron chi connectivity index (χ1n) is 4.89. The van der Waals surface area contributed by atoms with Gasteiger partial charge in [-0.05, 0) is 12.8 Å². The maximum Gasteiger partial charge on any atom is 0.170 e. The molecular formula is C9H13N5O. The maximum absolute atomic E-state index is 9.17. The minimum absolute atomic E-state index is 0.0554. The van der Waals surface area contributed by atoms with E-state index in [0.717, 1.165) is 19.4 Å². The lowest BCUT2D eigenvalue weighted by atomic mass is 10.2. The molecule has 2 rings (SSSR count). The summed E-state index contributed by atoms with van der Waals surface area (Å²) in [5, 5.41) is 24.7. The molecule has 0 amide bonds. The van der Waals surface area contributed by atoms with Crippen molar-refractivity contribution < 1.29 is 5.11 Å². The van der Waals surface area contributed by atoms with E-state index in [-0.39, 0.29) is 18.5 Å². The molecule has 1 aromatic rings. The summed E-state index contributed by atoms with van der Waals surface area (Å²) in [4.78, 5) is 1.94. The van der Waals surface area contributed by atoms with Gasteiger partial charge in [-0.2, -0.15) is 10.4 Å². The summed E-state index contributed by atoms with van der Waals surface area (Å²) >= 11 is 0. The minimum atomic E-state index is 0.0554. The molecule has 0 bridgehead atoms. The van der Waals surface area contributed by atoms with E-state index >= 15 is 0 Å². The lowest BCUT2D eigenvalue weighted by Crippen LogP contribution is -2.32. The first-order valence-corrected chi connectivity index (χ1v) is 4.89. The molecule has 2 heterocycles. The van der Waals surface area contributed by atoms with Crippen molar-refractivity contribution in [2.24, 2.45) is 0 Å². The monoisotopic (exact) mass is 207 g/mol. The van der Waals surface area contributed by atoms with Crippen LogP contribution in [0.15, 0.2) is 0 Å². The van der Waals surface area contributed by atoms with E-state index in [1.165, 1.54) is 0 Å². The molecule has 1 aromatic heterocycles. The zero-order chi connectivity index (χ0) is 10.8. The molecule has 6 nitrogen and oxygen atoms in total. The smallest absolute Gasteiger partial charge is 0.170 e. The molecular weight excluding hydrogens is 194 g/mol. The van der Waals surface area contributed by atoms with E-state index in [2.05, 4.69) is 10.2 Å². The number of nitrogen functional groups attached to an aromatic ring is 1. The van der Waals surface area contributed by atoms with Gasteiger partial charge in [0.25, 0.3) is 0 Å². The average Bonchev–Trinajstić information content (AvgIpc) is 2.82. The number of hydrogen-bond acceptors (Lipinski definition) is 5. The van der Waals surface area contributed by atoms with Crippen LogP contribution in [0.25, 0.3) is 0 Å². The fourth-order valence-electron chi connectivity index (χ4n) is 1.97. The molecule has 1 atom stereocenters. The third-order valence-electron chi connectivity index (χ3n) is 2.75.